The van der Waals surface area contributed by atoms with Gasteiger partial charge >= 0.3 is 0 Å². The van der Waals surface area contributed by atoms with Crippen molar-refractivity contribution in [2.45, 2.75) is 44.8 Å². The van der Waals surface area contributed by atoms with Crippen LogP contribution in [0, 0.1) is 5.92 Å². The second-order valence-corrected chi connectivity index (χ2v) is 4.48. The lowest BCUT2D eigenvalue weighted by Crippen LogP contribution is -2.36. The predicted molar refractivity (Wildman–Crippen MR) is 51.9 cm³/mol. The van der Waals surface area contributed by atoms with Gasteiger partial charge in [0.05, 0.1) is 13.2 Å². The highest BCUT2D eigenvalue weighted by Gasteiger charge is 2.41. The lowest BCUT2D eigenvalue weighted by Gasteiger charge is -2.35. The number of rotatable bonds is 2. The molecule has 1 aliphatic carbocycles. The Bertz CT molecular complexity index is 219. The largest absolute Gasteiger partial charge is 0.348 e. The van der Waals surface area contributed by atoms with Gasteiger partial charge in [0.2, 0.25) is 0 Å². The van der Waals surface area contributed by atoms with Crippen molar-refractivity contribution in [1.29, 1.82) is 0 Å². The van der Waals surface area contributed by atoms with Crippen molar-refractivity contribution in [2.24, 2.45) is 5.92 Å². The van der Waals surface area contributed by atoms with Crippen molar-refractivity contribution in [3.63, 3.8) is 0 Å². The highest BCUT2D eigenvalue weighted by atomic mass is 16.7. The zero-order valence-electron chi connectivity index (χ0n) is 8.75. The number of carbonyl (C=O) groups excluding carboxylic acids is 1. The average Bonchev–Trinajstić information content (AvgIpc) is 2.52. The molecule has 1 heterocycles. The Kier molecular flexibility index (Phi) is 2.88. The molecule has 2 rings (SSSR count). The van der Waals surface area contributed by atoms with Gasteiger partial charge in [0.1, 0.15) is 5.78 Å². The molecule has 2 aliphatic rings. The molecule has 14 heavy (non-hydrogen) atoms. The summed E-state index contributed by atoms with van der Waals surface area (Å²) in [6.45, 7) is 3.09. The Morgan fingerprint density at radius 2 is 2.14 bits per heavy atom. The van der Waals surface area contributed by atoms with Crippen molar-refractivity contribution in [3.05, 3.63) is 0 Å². The molecule has 0 bridgehead atoms. The molecular formula is C11H18O3. The summed E-state index contributed by atoms with van der Waals surface area (Å²) in [6, 6.07) is 0. The van der Waals surface area contributed by atoms with Gasteiger partial charge in [-0.25, -0.2) is 0 Å². The third kappa shape index (κ3) is 2.15. The monoisotopic (exact) mass is 198 g/mol. The standard InChI is InChI=1S/C11H18O3/c1-9(12)7-10-3-2-4-11(8-10)13-5-6-14-11/h10H,2-8H2,1H3/t10-/m1/s1. The Balaban J connectivity index is 1.93. The molecule has 1 saturated carbocycles. The van der Waals surface area contributed by atoms with Crippen LogP contribution in [0.2, 0.25) is 0 Å². The van der Waals surface area contributed by atoms with Crippen LogP contribution in [0.15, 0.2) is 0 Å². The molecular weight excluding hydrogens is 180 g/mol. The first-order valence-electron chi connectivity index (χ1n) is 5.48. The Labute approximate surface area is 84.8 Å². The number of hydrogen-bond acceptors (Lipinski definition) is 3. The molecule has 3 heteroatoms. The lowest BCUT2D eigenvalue weighted by atomic mass is 9.82. The summed E-state index contributed by atoms with van der Waals surface area (Å²) in [5, 5.41) is 0. The second-order valence-electron chi connectivity index (χ2n) is 4.48. The summed E-state index contributed by atoms with van der Waals surface area (Å²) in [6.07, 6.45) is 4.87. The molecule has 0 unspecified atom stereocenters. The maximum atomic E-state index is 11.0. The molecule has 1 atom stereocenters. The fourth-order valence-electron chi connectivity index (χ4n) is 2.64. The molecule has 0 N–H and O–H groups in total. The molecule has 80 valence electrons. The van der Waals surface area contributed by atoms with E-state index in [1.165, 1.54) is 0 Å². The van der Waals surface area contributed by atoms with Crippen LogP contribution in [0.5, 0.6) is 0 Å². The predicted octanol–water partition coefficient (Wildman–Crippen LogP) is 1.90. The first kappa shape index (κ1) is 10.1. The van der Waals surface area contributed by atoms with E-state index in [1.54, 1.807) is 6.92 Å². The van der Waals surface area contributed by atoms with E-state index in [9.17, 15) is 4.79 Å². The third-order valence-corrected chi connectivity index (χ3v) is 3.16. The minimum atomic E-state index is -0.321. The topological polar surface area (TPSA) is 35.5 Å². The van der Waals surface area contributed by atoms with Crippen LogP contribution in [0.25, 0.3) is 0 Å². The van der Waals surface area contributed by atoms with Crippen molar-refractivity contribution in [2.75, 3.05) is 13.2 Å². The molecule has 1 spiro atoms. The molecule has 0 amide bonds. The van der Waals surface area contributed by atoms with Gasteiger partial charge in [0.25, 0.3) is 0 Å². The summed E-state index contributed by atoms with van der Waals surface area (Å²) >= 11 is 0. The molecule has 0 radical (unpaired) electrons. The van der Waals surface area contributed by atoms with E-state index in [0.29, 0.717) is 25.6 Å². The highest BCUT2D eigenvalue weighted by molar-refractivity contribution is 5.75. The number of carbonyl (C=O) groups is 1. The zero-order valence-corrected chi connectivity index (χ0v) is 8.75. The summed E-state index contributed by atoms with van der Waals surface area (Å²) in [5.41, 5.74) is 0. The van der Waals surface area contributed by atoms with Crippen LogP contribution < -0.4 is 0 Å². The fraction of sp³-hybridized carbons (Fsp3) is 0.909. The van der Waals surface area contributed by atoms with Gasteiger partial charge in [0.15, 0.2) is 5.79 Å². The Morgan fingerprint density at radius 3 is 2.79 bits per heavy atom. The summed E-state index contributed by atoms with van der Waals surface area (Å²) in [4.78, 5) is 11.0. The van der Waals surface area contributed by atoms with Crippen molar-refractivity contribution in [1.82, 2.24) is 0 Å². The molecule has 2 fully saturated rings. The summed E-state index contributed by atoms with van der Waals surface area (Å²) in [7, 11) is 0. The minimum absolute atomic E-state index is 0.282. The van der Waals surface area contributed by atoms with Gasteiger partial charge < -0.3 is 14.3 Å². The minimum Gasteiger partial charge on any atom is -0.348 e. The maximum absolute atomic E-state index is 11.0. The SMILES string of the molecule is CC(=O)C[C@H]1CCCC2(C1)OCCO2. The van der Waals surface area contributed by atoms with E-state index in [0.717, 1.165) is 25.7 Å². The first-order valence-corrected chi connectivity index (χ1v) is 5.48. The van der Waals surface area contributed by atoms with Crippen LogP contribution in [0.3, 0.4) is 0 Å². The van der Waals surface area contributed by atoms with Crippen molar-refractivity contribution in [3.8, 4) is 0 Å². The van der Waals surface area contributed by atoms with Crippen LogP contribution in [-0.4, -0.2) is 24.8 Å². The van der Waals surface area contributed by atoms with E-state index >= 15 is 0 Å². The van der Waals surface area contributed by atoms with Gasteiger partial charge in [-0.05, 0) is 25.7 Å². The number of Topliss-reactive ketones (excluding diaryl/α,β-unsaturated/α-hetero) is 1. The summed E-state index contributed by atoms with van der Waals surface area (Å²) < 4.78 is 11.3. The molecule has 3 nitrogen and oxygen atoms in total. The quantitative estimate of drug-likeness (QED) is 0.679. The van der Waals surface area contributed by atoms with E-state index < -0.39 is 0 Å². The molecule has 1 aliphatic heterocycles. The van der Waals surface area contributed by atoms with Gasteiger partial charge in [0, 0.05) is 19.3 Å². The fourth-order valence-corrected chi connectivity index (χ4v) is 2.64. The molecule has 1 saturated heterocycles. The number of hydrogen-bond donors (Lipinski definition) is 0. The van der Waals surface area contributed by atoms with Gasteiger partial charge in [-0.2, -0.15) is 0 Å². The first-order chi connectivity index (χ1) is 6.70. The van der Waals surface area contributed by atoms with Crippen LogP contribution in [-0.2, 0) is 14.3 Å². The zero-order chi connectivity index (χ0) is 10.0. The van der Waals surface area contributed by atoms with Crippen molar-refractivity contribution >= 4 is 5.78 Å². The molecule has 0 aromatic carbocycles. The average molecular weight is 198 g/mol. The normalized spacial score (nSPS) is 30.8. The number of ketones is 1. The smallest absolute Gasteiger partial charge is 0.168 e. The highest BCUT2D eigenvalue weighted by Crippen LogP contribution is 2.39. The van der Waals surface area contributed by atoms with Crippen molar-refractivity contribution < 1.29 is 14.3 Å². The Hall–Kier alpha value is -0.410. The van der Waals surface area contributed by atoms with E-state index in [1.807, 2.05) is 0 Å². The lowest BCUT2D eigenvalue weighted by molar-refractivity contribution is -0.187. The molecule has 0 aromatic heterocycles. The number of ether oxygens (including phenoxy) is 2. The van der Waals surface area contributed by atoms with Crippen LogP contribution >= 0.6 is 0 Å². The van der Waals surface area contributed by atoms with Crippen LogP contribution in [0.4, 0.5) is 0 Å². The van der Waals surface area contributed by atoms with Crippen LogP contribution in [0.1, 0.15) is 39.0 Å². The van der Waals surface area contributed by atoms with Gasteiger partial charge in [-0.15, -0.1) is 0 Å². The second kappa shape index (κ2) is 3.99. The van der Waals surface area contributed by atoms with E-state index in [4.69, 9.17) is 9.47 Å². The molecule has 0 aromatic rings. The van der Waals surface area contributed by atoms with Gasteiger partial charge in [-0.1, -0.05) is 0 Å². The summed E-state index contributed by atoms with van der Waals surface area (Å²) in [5.74, 6) is 0.433. The van der Waals surface area contributed by atoms with E-state index in [2.05, 4.69) is 0 Å². The third-order valence-electron chi connectivity index (χ3n) is 3.16. The maximum Gasteiger partial charge on any atom is 0.168 e. The van der Waals surface area contributed by atoms with Gasteiger partial charge in [-0.3, -0.25) is 0 Å². The van der Waals surface area contributed by atoms with E-state index in [-0.39, 0.29) is 11.6 Å². The Morgan fingerprint density at radius 1 is 1.43 bits per heavy atom.